The highest BCUT2D eigenvalue weighted by Crippen LogP contribution is 2.12. The highest BCUT2D eigenvalue weighted by Gasteiger charge is 2.03. The van der Waals surface area contributed by atoms with E-state index in [0.29, 0.717) is 12.2 Å². The standard InChI is InChI=1S/C21H21N5O2/c1-26(20-4-2-3-11-23-20)14-15-28-19-7-5-17(6-8-19)16-24-25-21(27)18-9-12-22-13-10-18/h2-13,16H,14-15H2,1H3,(H,25,27)/b24-16+. The molecule has 0 saturated heterocycles. The van der Waals surface area contributed by atoms with Crippen LogP contribution < -0.4 is 15.1 Å². The van der Waals surface area contributed by atoms with E-state index >= 15 is 0 Å². The summed E-state index contributed by atoms with van der Waals surface area (Å²) in [6.07, 6.45) is 6.47. The molecule has 3 rings (SSSR count). The van der Waals surface area contributed by atoms with Crippen LogP contribution in [0, 0.1) is 0 Å². The Kier molecular flexibility index (Phi) is 6.67. The number of hydrazone groups is 1. The normalized spacial score (nSPS) is 10.6. The molecule has 0 aliphatic heterocycles. The molecule has 0 aliphatic carbocycles. The maximum Gasteiger partial charge on any atom is 0.271 e. The number of carbonyl (C=O) groups excluding carboxylic acids is 1. The van der Waals surface area contributed by atoms with Crippen LogP contribution in [-0.2, 0) is 0 Å². The van der Waals surface area contributed by atoms with Crippen molar-refractivity contribution in [1.29, 1.82) is 0 Å². The van der Waals surface area contributed by atoms with E-state index in [0.717, 1.165) is 23.7 Å². The summed E-state index contributed by atoms with van der Waals surface area (Å²) in [5, 5.41) is 3.97. The van der Waals surface area contributed by atoms with Gasteiger partial charge in [-0.15, -0.1) is 0 Å². The number of hydrogen-bond acceptors (Lipinski definition) is 6. The van der Waals surface area contributed by atoms with Gasteiger partial charge in [-0.05, 0) is 54.1 Å². The first kappa shape index (κ1) is 19.0. The molecule has 7 nitrogen and oxygen atoms in total. The van der Waals surface area contributed by atoms with E-state index < -0.39 is 0 Å². The second-order valence-corrected chi connectivity index (χ2v) is 5.96. The number of likely N-dealkylation sites (N-methyl/N-ethyl adjacent to an activating group) is 1. The third-order valence-electron chi connectivity index (χ3n) is 3.94. The number of nitrogens with zero attached hydrogens (tertiary/aromatic N) is 4. The summed E-state index contributed by atoms with van der Waals surface area (Å²) in [7, 11) is 1.98. The molecular weight excluding hydrogens is 354 g/mol. The quantitative estimate of drug-likeness (QED) is 0.484. The van der Waals surface area contributed by atoms with Gasteiger partial charge in [-0.3, -0.25) is 9.78 Å². The van der Waals surface area contributed by atoms with Gasteiger partial charge in [0.25, 0.3) is 5.91 Å². The Labute approximate surface area is 163 Å². The number of hydrogen-bond donors (Lipinski definition) is 1. The highest BCUT2D eigenvalue weighted by molar-refractivity contribution is 5.94. The second-order valence-electron chi connectivity index (χ2n) is 5.96. The van der Waals surface area contributed by atoms with Gasteiger partial charge in [0.1, 0.15) is 18.2 Å². The van der Waals surface area contributed by atoms with Crippen LogP contribution in [-0.4, -0.2) is 42.3 Å². The first-order valence-electron chi connectivity index (χ1n) is 8.81. The Hall–Kier alpha value is -3.74. The fraction of sp³-hybridized carbons (Fsp3) is 0.143. The van der Waals surface area contributed by atoms with E-state index in [-0.39, 0.29) is 5.91 Å². The van der Waals surface area contributed by atoms with Crippen molar-refractivity contribution in [3.63, 3.8) is 0 Å². The van der Waals surface area contributed by atoms with E-state index in [1.165, 1.54) is 0 Å². The Morgan fingerprint density at radius 3 is 2.61 bits per heavy atom. The molecule has 1 N–H and O–H groups in total. The van der Waals surface area contributed by atoms with Crippen LogP contribution in [0.2, 0.25) is 0 Å². The third kappa shape index (κ3) is 5.63. The van der Waals surface area contributed by atoms with Gasteiger partial charge in [-0.2, -0.15) is 5.10 Å². The van der Waals surface area contributed by atoms with Gasteiger partial charge in [0.15, 0.2) is 0 Å². The Bertz CT molecular complexity index is 899. The van der Waals surface area contributed by atoms with Crippen molar-refractivity contribution in [1.82, 2.24) is 15.4 Å². The molecule has 0 bridgehead atoms. The predicted molar refractivity (Wildman–Crippen MR) is 109 cm³/mol. The Morgan fingerprint density at radius 1 is 1.11 bits per heavy atom. The van der Waals surface area contributed by atoms with Crippen molar-refractivity contribution < 1.29 is 9.53 Å². The summed E-state index contributed by atoms with van der Waals surface area (Å²) >= 11 is 0. The van der Waals surface area contributed by atoms with E-state index in [9.17, 15) is 4.79 Å². The highest BCUT2D eigenvalue weighted by atomic mass is 16.5. The molecule has 3 aromatic rings. The van der Waals surface area contributed by atoms with Gasteiger partial charge in [-0.25, -0.2) is 10.4 Å². The van der Waals surface area contributed by atoms with Crippen molar-refractivity contribution in [3.05, 3.63) is 84.3 Å². The van der Waals surface area contributed by atoms with E-state index in [2.05, 4.69) is 20.5 Å². The molecule has 2 heterocycles. The zero-order valence-electron chi connectivity index (χ0n) is 15.5. The van der Waals surface area contributed by atoms with Gasteiger partial charge >= 0.3 is 0 Å². The molecule has 0 atom stereocenters. The molecule has 0 radical (unpaired) electrons. The number of aromatic nitrogens is 2. The number of pyridine rings is 2. The number of carbonyl (C=O) groups is 1. The average molecular weight is 375 g/mol. The average Bonchev–Trinajstić information content (AvgIpc) is 2.76. The largest absolute Gasteiger partial charge is 0.492 e. The second kappa shape index (κ2) is 9.82. The van der Waals surface area contributed by atoms with E-state index in [1.54, 1.807) is 36.9 Å². The molecular formula is C21H21N5O2. The van der Waals surface area contributed by atoms with Crippen LogP contribution in [0.15, 0.2) is 78.3 Å². The third-order valence-corrected chi connectivity index (χ3v) is 3.94. The Balaban J connectivity index is 1.44. The lowest BCUT2D eigenvalue weighted by Gasteiger charge is -2.18. The van der Waals surface area contributed by atoms with Crippen LogP contribution in [0.3, 0.4) is 0 Å². The van der Waals surface area contributed by atoms with Gasteiger partial charge in [-0.1, -0.05) is 6.07 Å². The summed E-state index contributed by atoms with van der Waals surface area (Å²) in [6, 6.07) is 16.5. The van der Waals surface area contributed by atoms with Crippen molar-refractivity contribution in [3.8, 4) is 5.75 Å². The minimum atomic E-state index is -0.282. The van der Waals surface area contributed by atoms with Crippen LogP contribution in [0.1, 0.15) is 15.9 Å². The fourth-order valence-electron chi connectivity index (χ4n) is 2.38. The SMILES string of the molecule is CN(CCOc1ccc(/C=N/NC(=O)c2ccncc2)cc1)c1ccccn1. The number of nitrogens with one attached hydrogen (secondary N) is 1. The first-order chi connectivity index (χ1) is 13.7. The van der Waals surface area contributed by atoms with Gasteiger partial charge < -0.3 is 9.64 Å². The fourth-order valence-corrected chi connectivity index (χ4v) is 2.38. The van der Waals surface area contributed by atoms with Crippen LogP contribution >= 0.6 is 0 Å². The molecule has 0 saturated carbocycles. The summed E-state index contributed by atoms with van der Waals surface area (Å²) in [5.41, 5.74) is 3.85. The van der Waals surface area contributed by atoms with Gasteiger partial charge in [0.2, 0.25) is 0 Å². The minimum Gasteiger partial charge on any atom is -0.492 e. The van der Waals surface area contributed by atoms with E-state index in [1.807, 2.05) is 54.4 Å². The molecule has 0 spiro atoms. The molecule has 0 aliphatic rings. The Morgan fingerprint density at radius 2 is 1.89 bits per heavy atom. The molecule has 7 heteroatoms. The van der Waals surface area contributed by atoms with Crippen LogP contribution in [0.5, 0.6) is 5.75 Å². The van der Waals surface area contributed by atoms with Crippen LogP contribution in [0.25, 0.3) is 0 Å². The molecule has 0 fully saturated rings. The monoisotopic (exact) mass is 375 g/mol. The lowest BCUT2D eigenvalue weighted by molar-refractivity contribution is 0.0955. The minimum absolute atomic E-state index is 0.282. The summed E-state index contributed by atoms with van der Waals surface area (Å²) in [6.45, 7) is 1.27. The summed E-state index contributed by atoms with van der Waals surface area (Å²) < 4.78 is 5.76. The summed E-state index contributed by atoms with van der Waals surface area (Å²) in [5.74, 6) is 1.40. The molecule has 142 valence electrons. The number of benzene rings is 1. The maximum absolute atomic E-state index is 11.9. The van der Waals surface area contributed by atoms with Crippen molar-refractivity contribution >= 4 is 17.9 Å². The topological polar surface area (TPSA) is 79.7 Å². The van der Waals surface area contributed by atoms with Crippen molar-refractivity contribution in [2.75, 3.05) is 25.1 Å². The van der Waals surface area contributed by atoms with Gasteiger partial charge in [0, 0.05) is 31.2 Å². The molecule has 1 amide bonds. The lowest BCUT2D eigenvalue weighted by atomic mass is 10.2. The van der Waals surface area contributed by atoms with Crippen LogP contribution in [0.4, 0.5) is 5.82 Å². The zero-order valence-corrected chi connectivity index (χ0v) is 15.5. The maximum atomic E-state index is 11.9. The number of anilines is 1. The van der Waals surface area contributed by atoms with Gasteiger partial charge in [0.05, 0.1) is 12.8 Å². The predicted octanol–water partition coefficient (Wildman–Crippen LogP) is 2.76. The molecule has 1 aromatic carbocycles. The van der Waals surface area contributed by atoms with E-state index in [4.69, 9.17) is 4.74 Å². The zero-order chi connectivity index (χ0) is 19.6. The molecule has 2 aromatic heterocycles. The first-order valence-corrected chi connectivity index (χ1v) is 8.81. The number of ether oxygens (including phenoxy) is 1. The van der Waals surface area contributed by atoms with Crippen molar-refractivity contribution in [2.45, 2.75) is 0 Å². The number of amides is 1. The number of rotatable bonds is 8. The summed E-state index contributed by atoms with van der Waals surface area (Å²) in [4.78, 5) is 22.1. The van der Waals surface area contributed by atoms with Crippen molar-refractivity contribution in [2.24, 2.45) is 5.10 Å². The molecule has 28 heavy (non-hydrogen) atoms. The molecule has 0 unspecified atom stereocenters. The lowest BCUT2D eigenvalue weighted by Crippen LogP contribution is -2.24. The smallest absolute Gasteiger partial charge is 0.271 e.